The highest BCUT2D eigenvalue weighted by Gasteiger charge is 2.61. The molecule has 1 N–H and O–H groups in total. The van der Waals surface area contributed by atoms with Crippen molar-refractivity contribution in [3.05, 3.63) is 11.7 Å². The zero-order chi connectivity index (χ0) is 13.9. The summed E-state index contributed by atoms with van der Waals surface area (Å²) in [5, 5.41) is 6.38. The van der Waals surface area contributed by atoms with Gasteiger partial charge in [0.2, 0.25) is 5.89 Å². The molecule has 0 spiro atoms. The van der Waals surface area contributed by atoms with Crippen LogP contribution >= 0.6 is 11.8 Å². The van der Waals surface area contributed by atoms with E-state index >= 15 is 0 Å². The Kier molecular flexibility index (Phi) is 4.39. The zero-order valence-electron chi connectivity index (χ0n) is 10.6. The first-order valence-corrected chi connectivity index (χ1v) is 7.33. The van der Waals surface area contributed by atoms with Crippen molar-refractivity contribution >= 4 is 11.8 Å². The van der Waals surface area contributed by atoms with Gasteiger partial charge >= 0.3 is 6.18 Å². The van der Waals surface area contributed by atoms with Crippen LogP contribution in [0.2, 0.25) is 0 Å². The summed E-state index contributed by atoms with van der Waals surface area (Å²) in [5.74, 6) is 1.44. The van der Waals surface area contributed by atoms with Crippen LogP contribution in [0.15, 0.2) is 4.52 Å². The molecule has 0 bridgehead atoms. The molecule has 8 heteroatoms. The van der Waals surface area contributed by atoms with Gasteiger partial charge in [0, 0.05) is 6.54 Å². The first kappa shape index (κ1) is 14.6. The fraction of sp³-hybridized carbons (Fsp3) is 0.818. The van der Waals surface area contributed by atoms with Gasteiger partial charge in [0.15, 0.2) is 11.2 Å². The van der Waals surface area contributed by atoms with Crippen LogP contribution in [0.5, 0.6) is 0 Å². The third-order valence-electron chi connectivity index (χ3n) is 3.16. The molecule has 0 aromatic carbocycles. The Bertz CT molecular complexity index is 416. The monoisotopic (exact) mass is 295 g/mol. The molecule has 108 valence electrons. The average molecular weight is 295 g/mol. The summed E-state index contributed by atoms with van der Waals surface area (Å²) >= 11 is 1.59. The number of hydrogen-bond donors (Lipinski definition) is 1. The lowest BCUT2D eigenvalue weighted by Crippen LogP contribution is -2.44. The summed E-state index contributed by atoms with van der Waals surface area (Å²) in [5.41, 5.74) is -2.02. The second-order valence-corrected chi connectivity index (χ2v) is 5.68. The molecule has 1 aliphatic rings. The van der Waals surface area contributed by atoms with Gasteiger partial charge in [0.05, 0.1) is 5.75 Å². The molecule has 0 radical (unpaired) electrons. The predicted octanol–water partition coefficient (Wildman–Crippen LogP) is 2.51. The van der Waals surface area contributed by atoms with Crippen LogP contribution in [0.4, 0.5) is 13.2 Å². The van der Waals surface area contributed by atoms with Gasteiger partial charge in [0.1, 0.15) is 0 Å². The van der Waals surface area contributed by atoms with Gasteiger partial charge < -0.3 is 9.84 Å². The average Bonchev–Trinajstić information content (AvgIpc) is 2.97. The first-order chi connectivity index (χ1) is 8.99. The van der Waals surface area contributed by atoms with E-state index in [1.165, 1.54) is 0 Å². The summed E-state index contributed by atoms with van der Waals surface area (Å²) in [6.07, 6.45) is -3.43. The zero-order valence-corrected chi connectivity index (χ0v) is 11.4. The third kappa shape index (κ3) is 2.89. The minimum Gasteiger partial charge on any atom is -0.338 e. The molecule has 0 saturated carbocycles. The lowest BCUT2D eigenvalue weighted by molar-refractivity contribution is -0.191. The quantitative estimate of drug-likeness (QED) is 0.846. The normalized spacial score (nSPS) is 24.0. The molecule has 1 fully saturated rings. The molecular formula is C11H16F3N3OS. The lowest BCUT2D eigenvalue weighted by atomic mass is 9.86. The summed E-state index contributed by atoms with van der Waals surface area (Å²) in [7, 11) is 0. The lowest BCUT2D eigenvalue weighted by Gasteiger charge is -2.26. The molecule has 1 aromatic rings. The molecule has 1 aromatic heterocycles. The fourth-order valence-electron chi connectivity index (χ4n) is 2.05. The van der Waals surface area contributed by atoms with Crippen LogP contribution in [-0.2, 0) is 11.2 Å². The summed E-state index contributed by atoms with van der Waals surface area (Å²) in [6.45, 7) is 2.15. The van der Waals surface area contributed by atoms with Gasteiger partial charge in [0.25, 0.3) is 0 Å². The van der Waals surface area contributed by atoms with Crippen LogP contribution < -0.4 is 5.32 Å². The molecule has 2 rings (SSSR count). The molecule has 19 heavy (non-hydrogen) atoms. The number of nitrogens with zero attached hydrogens (tertiary/aromatic N) is 2. The van der Waals surface area contributed by atoms with E-state index in [1.807, 2.05) is 6.92 Å². The highest BCUT2D eigenvalue weighted by Crippen LogP contribution is 2.44. The van der Waals surface area contributed by atoms with E-state index < -0.39 is 11.6 Å². The summed E-state index contributed by atoms with van der Waals surface area (Å²) in [4.78, 5) is 3.94. The number of halogens is 3. The molecule has 0 amide bonds. The molecule has 0 aliphatic carbocycles. The molecule has 1 unspecified atom stereocenters. The standard InChI is InChI=1S/C11H16F3N3OS/c1-2-5-19-6-8-16-9(18-17-8)10(11(12,13)14)3-4-15-7-10/h15H,2-7H2,1H3. The third-order valence-corrected chi connectivity index (χ3v) is 4.31. The Labute approximate surface area is 113 Å². The smallest absolute Gasteiger partial charge is 0.338 e. The minimum absolute atomic E-state index is 0.0553. The number of rotatable bonds is 5. The number of alkyl halides is 3. The minimum atomic E-state index is -4.38. The van der Waals surface area contributed by atoms with Crippen molar-refractivity contribution in [2.24, 2.45) is 0 Å². The van der Waals surface area contributed by atoms with Crippen molar-refractivity contribution in [3.63, 3.8) is 0 Å². The van der Waals surface area contributed by atoms with Gasteiger partial charge in [-0.25, -0.2) is 0 Å². The molecule has 4 nitrogen and oxygen atoms in total. The van der Waals surface area contributed by atoms with E-state index in [0.29, 0.717) is 18.1 Å². The van der Waals surface area contributed by atoms with Crippen molar-refractivity contribution in [1.82, 2.24) is 15.5 Å². The van der Waals surface area contributed by atoms with Crippen LogP contribution in [0.25, 0.3) is 0 Å². The Morgan fingerprint density at radius 3 is 2.84 bits per heavy atom. The largest absolute Gasteiger partial charge is 0.404 e. The Morgan fingerprint density at radius 1 is 1.47 bits per heavy atom. The summed E-state index contributed by atoms with van der Waals surface area (Å²) in [6, 6.07) is 0. The van der Waals surface area contributed by atoms with E-state index in [4.69, 9.17) is 4.52 Å². The Morgan fingerprint density at radius 2 is 2.26 bits per heavy atom. The van der Waals surface area contributed by atoms with Crippen molar-refractivity contribution < 1.29 is 17.7 Å². The fourth-order valence-corrected chi connectivity index (χ4v) is 2.79. The SMILES string of the molecule is CCCSCc1noc(C2(C(F)(F)F)CCNC2)n1. The maximum atomic E-state index is 13.2. The number of hydrogen-bond acceptors (Lipinski definition) is 5. The Balaban J connectivity index is 2.15. The van der Waals surface area contributed by atoms with Gasteiger partial charge in [-0.1, -0.05) is 12.1 Å². The maximum absolute atomic E-state index is 13.2. The topological polar surface area (TPSA) is 51.0 Å². The van der Waals surface area contributed by atoms with Crippen LogP contribution in [0.3, 0.4) is 0 Å². The van der Waals surface area contributed by atoms with Crippen LogP contribution in [0, 0.1) is 0 Å². The van der Waals surface area contributed by atoms with Crippen molar-refractivity contribution in [3.8, 4) is 0 Å². The molecule has 1 atom stereocenters. The van der Waals surface area contributed by atoms with E-state index in [0.717, 1.165) is 12.2 Å². The van der Waals surface area contributed by atoms with Crippen molar-refractivity contribution in [2.75, 3.05) is 18.8 Å². The van der Waals surface area contributed by atoms with Gasteiger partial charge in [-0.05, 0) is 25.1 Å². The predicted molar refractivity (Wildman–Crippen MR) is 66.0 cm³/mol. The van der Waals surface area contributed by atoms with Crippen molar-refractivity contribution in [2.45, 2.75) is 37.1 Å². The molecular weight excluding hydrogens is 279 g/mol. The van der Waals surface area contributed by atoms with Crippen LogP contribution in [0.1, 0.15) is 31.5 Å². The number of aromatic nitrogens is 2. The number of nitrogens with one attached hydrogen (secondary N) is 1. The highest BCUT2D eigenvalue weighted by atomic mass is 32.2. The number of thioether (sulfide) groups is 1. The van der Waals surface area contributed by atoms with Gasteiger partial charge in [-0.2, -0.15) is 29.9 Å². The summed E-state index contributed by atoms with van der Waals surface area (Å²) < 4.78 is 44.6. The maximum Gasteiger partial charge on any atom is 0.404 e. The van der Waals surface area contributed by atoms with Crippen molar-refractivity contribution in [1.29, 1.82) is 0 Å². The van der Waals surface area contributed by atoms with E-state index in [1.54, 1.807) is 11.8 Å². The highest BCUT2D eigenvalue weighted by molar-refractivity contribution is 7.98. The van der Waals surface area contributed by atoms with Gasteiger partial charge in [-0.15, -0.1) is 0 Å². The molecule has 2 heterocycles. The second kappa shape index (κ2) is 5.70. The van der Waals surface area contributed by atoms with E-state index in [2.05, 4.69) is 15.5 Å². The first-order valence-electron chi connectivity index (χ1n) is 6.18. The second-order valence-electron chi connectivity index (χ2n) is 4.57. The van der Waals surface area contributed by atoms with Crippen LogP contribution in [-0.4, -0.2) is 35.2 Å². The van der Waals surface area contributed by atoms with E-state index in [9.17, 15) is 13.2 Å². The van der Waals surface area contributed by atoms with E-state index in [-0.39, 0.29) is 18.9 Å². The molecule has 1 aliphatic heterocycles. The Hall–Kier alpha value is -0.760. The molecule has 1 saturated heterocycles. The van der Waals surface area contributed by atoms with Gasteiger partial charge in [-0.3, -0.25) is 0 Å².